The van der Waals surface area contributed by atoms with Crippen molar-refractivity contribution in [1.82, 2.24) is 19.5 Å². The van der Waals surface area contributed by atoms with Gasteiger partial charge in [-0.3, -0.25) is 4.90 Å². The predicted octanol–water partition coefficient (Wildman–Crippen LogP) is 4.69. The van der Waals surface area contributed by atoms with Gasteiger partial charge in [-0.2, -0.15) is 5.10 Å². The average Bonchev–Trinajstić information content (AvgIpc) is 3.34. The first kappa shape index (κ1) is 18.3. The van der Waals surface area contributed by atoms with Gasteiger partial charge in [-0.1, -0.05) is 0 Å². The zero-order valence-corrected chi connectivity index (χ0v) is 17.1. The van der Waals surface area contributed by atoms with E-state index in [0.29, 0.717) is 12.5 Å². The molecule has 27 heavy (non-hydrogen) atoms. The summed E-state index contributed by atoms with van der Waals surface area (Å²) < 4.78 is 7.67. The minimum Gasteiger partial charge on any atom is -0.444 e. The summed E-state index contributed by atoms with van der Waals surface area (Å²) in [5, 5.41) is 4.93. The van der Waals surface area contributed by atoms with E-state index in [1.165, 1.54) is 24.1 Å². The maximum absolute atomic E-state index is 12.8. The molecule has 0 spiro atoms. The molecule has 6 nitrogen and oxygen atoms in total. The molecule has 2 aromatic rings. The van der Waals surface area contributed by atoms with Gasteiger partial charge in [0.25, 0.3) is 0 Å². The summed E-state index contributed by atoms with van der Waals surface area (Å²) in [7, 11) is 0. The number of piperidine rings is 1. The van der Waals surface area contributed by atoms with Crippen LogP contribution in [0.5, 0.6) is 0 Å². The summed E-state index contributed by atoms with van der Waals surface area (Å²) in [6.07, 6.45) is 5.22. The molecule has 1 aliphatic heterocycles. The number of hydrogen-bond donors (Lipinski definition) is 0. The van der Waals surface area contributed by atoms with Crippen LogP contribution in [-0.2, 0) is 4.74 Å². The summed E-state index contributed by atoms with van der Waals surface area (Å²) in [6, 6.07) is 2.02. The van der Waals surface area contributed by atoms with Crippen LogP contribution >= 0.6 is 0 Å². The molecule has 146 valence electrons. The van der Waals surface area contributed by atoms with Crippen LogP contribution in [0, 0.1) is 13.8 Å². The van der Waals surface area contributed by atoms with Crippen LogP contribution in [0.4, 0.5) is 4.79 Å². The Balaban J connectivity index is 1.71. The number of nitrogens with zero attached hydrogens (tertiary/aromatic N) is 4. The van der Waals surface area contributed by atoms with Gasteiger partial charge in [0, 0.05) is 24.2 Å². The third-order valence-electron chi connectivity index (χ3n) is 5.58. The highest BCUT2D eigenvalue weighted by molar-refractivity contribution is 5.69. The molecule has 2 aliphatic rings. The number of aryl methyl sites for hydroxylation is 1. The van der Waals surface area contributed by atoms with Crippen LogP contribution in [0.3, 0.4) is 0 Å². The van der Waals surface area contributed by atoms with E-state index in [2.05, 4.69) is 19.9 Å². The Labute approximate surface area is 160 Å². The minimum absolute atomic E-state index is 0.0389. The summed E-state index contributed by atoms with van der Waals surface area (Å²) >= 11 is 0. The second-order valence-electron chi connectivity index (χ2n) is 9.01. The van der Waals surface area contributed by atoms with Crippen molar-refractivity contribution in [3.05, 3.63) is 28.7 Å². The molecule has 1 amide bonds. The van der Waals surface area contributed by atoms with Crippen molar-refractivity contribution in [3.63, 3.8) is 0 Å². The van der Waals surface area contributed by atoms with Crippen LogP contribution in [-0.4, -0.2) is 37.7 Å². The summed E-state index contributed by atoms with van der Waals surface area (Å²) in [5.41, 5.74) is 4.94. The number of likely N-dealkylation sites (tertiary alicyclic amines) is 1. The van der Waals surface area contributed by atoms with Gasteiger partial charge in [0.2, 0.25) is 0 Å². The first-order valence-electron chi connectivity index (χ1n) is 10.1. The van der Waals surface area contributed by atoms with Crippen molar-refractivity contribution in [2.45, 2.75) is 84.3 Å². The van der Waals surface area contributed by atoms with Crippen LogP contribution in [0.15, 0.2) is 6.07 Å². The standard InChI is InChI=1S/C21H30N4O2/c1-13-14(2)22-18-12-16(23-25(18)19(13)15-9-10-15)17-8-6-7-11-24(17)20(26)27-21(3,4)5/h12,15,17H,6-11H2,1-5H3/t17-/m0/s1. The Kier molecular flexibility index (Phi) is 4.40. The average molecular weight is 370 g/mol. The van der Waals surface area contributed by atoms with E-state index in [-0.39, 0.29) is 12.1 Å². The molecule has 1 atom stereocenters. The maximum Gasteiger partial charge on any atom is 0.410 e. The number of amides is 1. The Bertz CT molecular complexity index is 876. The highest BCUT2D eigenvalue weighted by atomic mass is 16.6. The zero-order chi connectivity index (χ0) is 19.3. The molecule has 0 unspecified atom stereocenters. The van der Waals surface area contributed by atoms with Gasteiger partial charge in [0.05, 0.1) is 17.4 Å². The highest BCUT2D eigenvalue weighted by Crippen LogP contribution is 2.42. The number of carbonyl (C=O) groups is 1. The van der Waals surface area contributed by atoms with Crippen LogP contribution in [0.25, 0.3) is 5.65 Å². The van der Waals surface area contributed by atoms with Crippen molar-refractivity contribution in [1.29, 1.82) is 0 Å². The maximum atomic E-state index is 12.8. The van der Waals surface area contributed by atoms with E-state index in [9.17, 15) is 4.79 Å². The Hall–Kier alpha value is -2.11. The number of ether oxygens (including phenoxy) is 1. The molecule has 0 radical (unpaired) electrons. The van der Waals surface area contributed by atoms with Gasteiger partial charge in [0.15, 0.2) is 5.65 Å². The fourth-order valence-electron chi connectivity index (χ4n) is 4.02. The first-order chi connectivity index (χ1) is 12.7. The molecule has 2 aromatic heterocycles. The van der Waals surface area contributed by atoms with Crippen LogP contribution in [0.2, 0.25) is 0 Å². The monoisotopic (exact) mass is 370 g/mol. The fourth-order valence-corrected chi connectivity index (χ4v) is 4.02. The third-order valence-corrected chi connectivity index (χ3v) is 5.58. The van der Waals surface area contributed by atoms with E-state index in [0.717, 1.165) is 36.3 Å². The number of aromatic nitrogens is 3. The lowest BCUT2D eigenvalue weighted by Gasteiger charge is -2.35. The number of rotatable bonds is 2. The van der Waals surface area contributed by atoms with E-state index >= 15 is 0 Å². The van der Waals surface area contributed by atoms with Gasteiger partial charge >= 0.3 is 6.09 Å². The van der Waals surface area contributed by atoms with Gasteiger partial charge in [-0.25, -0.2) is 14.3 Å². The van der Waals surface area contributed by atoms with E-state index in [4.69, 9.17) is 14.8 Å². The minimum atomic E-state index is -0.493. The largest absolute Gasteiger partial charge is 0.444 e. The normalized spacial score (nSPS) is 20.9. The molecule has 1 aliphatic carbocycles. The number of hydrogen-bond acceptors (Lipinski definition) is 4. The SMILES string of the molecule is Cc1nc2cc([C@@H]3CCCCN3C(=O)OC(C)(C)C)nn2c(C2CC2)c1C. The van der Waals surface area contributed by atoms with Gasteiger partial charge < -0.3 is 4.74 Å². The lowest BCUT2D eigenvalue weighted by Crippen LogP contribution is -2.42. The van der Waals surface area contributed by atoms with Crippen LogP contribution < -0.4 is 0 Å². The van der Waals surface area contributed by atoms with Gasteiger partial charge in [-0.05, 0) is 72.3 Å². The molecule has 3 heterocycles. The summed E-state index contributed by atoms with van der Waals surface area (Å²) in [5.74, 6) is 0.593. The van der Waals surface area contributed by atoms with E-state index < -0.39 is 5.60 Å². The molecule has 1 saturated carbocycles. The predicted molar refractivity (Wildman–Crippen MR) is 104 cm³/mol. The fraction of sp³-hybridized carbons (Fsp3) is 0.667. The number of fused-ring (bicyclic) bond motifs is 1. The van der Waals surface area contributed by atoms with Crippen LogP contribution in [0.1, 0.15) is 87.5 Å². The molecule has 6 heteroatoms. The van der Waals surface area contributed by atoms with E-state index in [1.54, 1.807) is 0 Å². The molecule has 1 saturated heterocycles. The number of carbonyl (C=O) groups excluding carboxylic acids is 1. The molecular weight excluding hydrogens is 340 g/mol. The molecule has 0 N–H and O–H groups in total. The van der Waals surface area contributed by atoms with Crippen molar-refractivity contribution >= 4 is 11.7 Å². The highest BCUT2D eigenvalue weighted by Gasteiger charge is 2.34. The quantitative estimate of drug-likeness (QED) is 0.770. The van der Waals surface area contributed by atoms with E-state index in [1.807, 2.05) is 30.2 Å². The van der Waals surface area contributed by atoms with Crippen molar-refractivity contribution in [2.24, 2.45) is 0 Å². The molecule has 0 aromatic carbocycles. The second kappa shape index (κ2) is 6.50. The zero-order valence-electron chi connectivity index (χ0n) is 17.1. The molecule has 2 fully saturated rings. The molecule has 4 rings (SSSR count). The first-order valence-corrected chi connectivity index (χ1v) is 10.1. The smallest absolute Gasteiger partial charge is 0.410 e. The Morgan fingerprint density at radius 1 is 1.19 bits per heavy atom. The summed E-state index contributed by atoms with van der Waals surface area (Å²) in [6.45, 7) is 10.7. The summed E-state index contributed by atoms with van der Waals surface area (Å²) in [4.78, 5) is 19.4. The lowest BCUT2D eigenvalue weighted by molar-refractivity contribution is 0.00897. The Morgan fingerprint density at radius 3 is 2.59 bits per heavy atom. The third kappa shape index (κ3) is 3.54. The second-order valence-corrected chi connectivity index (χ2v) is 9.01. The lowest BCUT2D eigenvalue weighted by atomic mass is 10.00. The molecule has 0 bridgehead atoms. The van der Waals surface area contributed by atoms with Crippen molar-refractivity contribution in [3.8, 4) is 0 Å². The Morgan fingerprint density at radius 2 is 1.93 bits per heavy atom. The van der Waals surface area contributed by atoms with Gasteiger partial charge in [-0.15, -0.1) is 0 Å². The van der Waals surface area contributed by atoms with Crippen molar-refractivity contribution < 1.29 is 9.53 Å². The topological polar surface area (TPSA) is 59.7 Å². The molecular formula is C21H30N4O2. The van der Waals surface area contributed by atoms with Gasteiger partial charge in [0.1, 0.15) is 5.60 Å². The van der Waals surface area contributed by atoms with Crippen molar-refractivity contribution in [2.75, 3.05) is 6.54 Å².